The normalized spacial score (nSPS) is 28.5. The van der Waals surface area contributed by atoms with Crippen LogP contribution >= 0.6 is 0 Å². The van der Waals surface area contributed by atoms with Gasteiger partial charge in [0.25, 0.3) is 0 Å². The standard InChI is InChI=1S/C12H21N5O/c1-13-6-10-2-3-11(18-10)7-16-4-5-17-9-14-15-12(17)8-16/h9-11,13H,2-8H2,1H3. The van der Waals surface area contributed by atoms with Crippen molar-refractivity contribution in [1.29, 1.82) is 0 Å². The second-order valence-corrected chi connectivity index (χ2v) is 5.19. The van der Waals surface area contributed by atoms with Gasteiger partial charge in [-0.05, 0) is 19.9 Å². The van der Waals surface area contributed by atoms with Crippen LogP contribution in [0.4, 0.5) is 0 Å². The molecule has 0 aromatic carbocycles. The topological polar surface area (TPSA) is 55.2 Å². The van der Waals surface area contributed by atoms with Crippen molar-refractivity contribution in [2.75, 3.05) is 26.7 Å². The highest BCUT2D eigenvalue weighted by molar-refractivity contribution is 4.91. The maximum Gasteiger partial charge on any atom is 0.147 e. The minimum atomic E-state index is 0.387. The minimum absolute atomic E-state index is 0.387. The molecule has 1 aromatic rings. The van der Waals surface area contributed by atoms with Crippen LogP contribution in [0.5, 0.6) is 0 Å². The second-order valence-electron chi connectivity index (χ2n) is 5.19. The van der Waals surface area contributed by atoms with E-state index in [1.807, 2.05) is 13.4 Å². The van der Waals surface area contributed by atoms with Crippen LogP contribution in [-0.4, -0.2) is 58.6 Å². The molecule has 0 aliphatic carbocycles. The lowest BCUT2D eigenvalue weighted by Gasteiger charge is -2.29. The molecule has 18 heavy (non-hydrogen) atoms. The summed E-state index contributed by atoms with van der Waals surface area (Å²) in [7, 11) is 1.98. The Morgan fingerprint density at radius 2 is 2.28 bits per heavy atom. The van der Waals surface area contributed by atoms with E-state index in [1.165, 1.54) is 12.8 Å². The first kappa shape index (κ1) is 12.1. The van der Waals surface area contributed by atoms with Gasteiger partial charge in [-0.25, -0.2) is 0 Å². The summed E-state index contributed by atoms with van der Waals surface area (Å²) in [4.78, 5) is 2.43. The molecule has 2 aliphatic heterocycles. The van der Waals surface area contributed by atoms with Crippen LogP contribution in [-0.2, 0) is 17.8 Å². The van der Waals surface area contributed by atoms with Gasteiger partial charge < -0.3 is 14.6 Å². The summed E-state index contributed by atoms with van der Waals surface area (Å²) >= 11 is 0. The predicted molar refractivity (Wildman–Crippen MR) is 67.1 cm³/mol. The first-order chi connectivity index (χ1) is 8.85. The lowest BCUT2D eigenvalue weighted by atomic mass is 10.2. The third kappa shape index (κ3) is 2.55. The molecule has 1 aromatic heterocycles. The van der Waals surface area contributed by atoms with E-state index in [-0.39, 0.29) is 0 Å². The zero-order chi connectivity index (χ0) is 12.4. The Morgan fingerprint density at radius 3 is 3.17 bits per heavy atom. The van der Waals surface area contributed by atoms with E-state index in [4.69, 9.17) is 4.74 Å². The maximum atomic E-state index is 6.03. The molecule has 0 saturated carbocycles. The predicted octanol–water partition coefficient (Wildman–Crippen LogP) is -0.139. The molecule has 0 amide bonds. The van der Waals surface area contributed by atoms with Crippen molar-refractivity contribution in [3.05, 3.63) is 12.2 Å². The van der Waals surface area contributed by atoms with Crippen LogP contribution in [0.25, 0.3) is 0 Å². The molecule has 2 aliphatic rings. The SMILES string of the molecule is CNCC1CCC(CN2CCn3cnnc3C2)O1. The highest BCUT2D eigenvalue weighted by Crippen LogP contribution is 2.21. The van der Waals surface area contributed by atoms with Crippen molar-refractivity contribution in [2.45, 2.75) is 38.1 Å². The molecule has 6 heteroatoms. The molecule has 3 rings (SSSR count). The average molecular weight is 251 g/mol. The van der Waals surface area contributed by atoms with Gasteiger partial charge in [0.1, 0.15) is 12.2 Å². The van der Waals surface area contributed by atoms with E-state index in [0.717, 1.165) is 38.5 Å². The Bertz CT molecular complexity index is 394. The number of ether oxygens (including phenoxy) is 1. The number of fused-ring (bicyclic) bond motifs is 1. The fourth-order valence-corrected chi connectivity index (χ4v) is 2.85. The summed E-state index contributed by atoms with van der Waals surface area (Å²) in [5, 5.41) is 11.3. The summed E-state index contributed by atoms with van der Waals surface area (Å²) in [6.45, 7) is 4.95. The van der Waals surface area contributed by atoms with Gasteiger partial charge in [-0.1, -0.05) is 0 Å². The molecule has 0 radical (unpaired) electrons. The third-order valence-electron chi connectivity index (χ3n) is 3.81. The number of nitrogens with one attached hydrogen (secondary N) is 1. The van der Waals surface area contributed by atoms with E-state index < -0.39 is 0 Å². The van der Waals surface area contributed by atoms with E-state index in [9.17, 15) is 0 Å². The van der Waals surface area contributed by atoms with Gasteiger partial charge in [0.05, 0.1) is 18.8 Å². The summed E-state index contributed by atoms with van der Waals surface area (Å²) < 4.78 is 8.16. The van der Waals surface area contributed by atoms with Gasteiger partial charge in [-0.15, -0.1) is 10.2 Å². The van der Waals surface area contributed by atoms with Crippen molar-refractivity contribution < 1.29 is 4.74 Å². The summed E-state index contributed by atoms with van der Waals surface area (Å²) in [5.74, 6) is 1.08. The van der Waals surface area contributed by atoms with Crippen LogP contribution in [0.15, 0.2) is 6.33 Å². The van der Waals surface area contributed by atoms with Crippen molar-refractivity contribution in [2.24, 2.45) is 0 Å². The number of nitrogens with zero attached hydrogens (tertiary/aromatic N) is 4. The molecular weight excluding hydrogens is 230 g/mol. The fraction of sp³-hybridized carbons (Fsp3) is 0.833. The molecule has 0 bridgehead atoms. The van der Waals surface area contributed by atoms with Gasteiger partial charge in [-0.3, -0.25) is 4.90 Å². The molecular formula is C12H21N5O. The Balaban J connectivity index is 1.50. The number of hydrogen-bond donors (Lipinski definition) is 1. The van der Waals surface area contributed by atoms with Gasteiger partial charge >= 0.3 is 0 Å². The Morgan fingerprint density at radius 1 is 1.39 bits per heavy atom. The molecule has 1 N–H and O–H groups in total. The van der Waals surface area contributed by atoms with Gasteiger partial charge in [0, 0.05) is 26.2 Å². The van der Waals surface area contributed by atoms with Gasteiger partial charge in [-0.2, -0.15) is 0 Å². The largest absolute Gasteiger partial charge is 0.372 e. The van der Waals surface area contributed by atoms with Crippen molar-refractivity contribution in [1.82, 2.24) is 25.0 Å². The van der Waals surface area contributed by atoms with E-state index >= 15 is 0 Å². The van der Waals surface area contributed by atoms with Crippen LogP contribution in [0, 0.1) is 0 Å². The van der Waals surface area contributed by atoms with Gasteiger partial charge in [0.2, 0.25) is 0 Å². The van der Waals surface area contributed by atoms with E-state index in [1.54, 1.807) is 0 Å². The zero-order valence-electron chi connectivity index (χ0n) is 10.9. The van der Waals surface area contributed by atoms with Crippen LogP contribution < -0.4 is 5.32 Å². The number of aromatic nitrogens is 3. The lowest BCUT2D eigenvalue weighted by Crippen LogP contribution is -2.39. The first-order valence-corrected chi connectivity index (χ1v) is 6.74. The fourth-order valence-electron chi connectivity index (χ4n) is 2.85. The zero-order valence-corrected chi connectivity index (χ0v) is 10.9. The highest BCUT2D eigenvalue weighted by Gasteiger charge is 2.27. The Labute approximate surface area is 107 Å². The maximum absolute atomic E-state index is 6.03. The summed E-state index contributed by atoms with van der Waals surface area (Å²) in [5.41, 5.74) is 0. The van der Waals surface area contributed by atoms with Crippen molar-refractivity contribution in [3.63, 3.8) is 0 Å². The van der Waals surface area contributed by atoms with Crippen LogP contribution in [0.3, 0.4) is 0 Å². The monoisotopic (exact) mass is 251 g/mol. The molecule has 3 heterocycles. The number of hydrogen-bond acceptors (Lipinski definition) is 5. The molecule has 1 fully saturated rings. The number of likely N-dealkylation sites (N-methyl/N-ethyl adjacent to an activating group) is 1. The summed E-state index contributed by atoms with van der Waals surface area (Å²) in [6, 6.07) is 0. The van der Waals surface area contributed by atoms with E-state index in [2.05, 4.69) is 25.0 Å². The Hall–Kier alpha value is -0.980. The van der Waals surface area contributed by atoms with E-state index in [0.29, 0.717) is 12.2 Å². The lowest BCUT2D eigenvalue weighted by molar-refractivity contribution is 0.0187. The molecule has 6 nitrogen and oxygen atoms in total. The molecule has 1 saturated heterocycles. The molecule has 2 unspecified atom stereocenters. The smallest absolute Gasteiger partial charge is 0.147 e. The number of rotatable bonds is 4. The minimum Gasteiger partial charge on any atom is -0.372 e. The molecule has 2 atom stereocenters. The third-order valence-corrected chi connectivity index (χ3v) is 3.81. The quantitative estimate of drug-likeness (QED) is 0.807. The summed E-state index contributed by atoms with van der Waals surface area (Å²) in [6.07, 6.45) is 4.96. The average Bonchev–Trinajstić information content (AvgIpc) is 2.98. The van der Waals surface area contributed by atoms with Crippen molar-refractivity contribution >= 4 is 0 Å². The molecule has 0 spiro atoms. The van der Waals surface area contributed by atoms with Crippen LogP contribution in [0.2, 0.25) is 0 Å². The second kappa shape index (κ2) is 5.34. The highest BCUT2D eigenvalue weighted by atomic mass is 16.5. The Kier molecular flexibility index (Phi) is 3.58. The van der Waals surface area contributed by atoms with Crippen molar-refractivity contribution in [3.8, 4) is 0 Å². The first-order valence-electron chi connectivity index (χ1n) is 6.74. The van der Waals surface area contributed by atoms with Crippen LogP contribution in [0.1, 0.15) is 18.7 Å². The van der Waals surface area contributed by atoms with Gasteiger partial charge in [0.15, 0.2) is 0 Å². The molecule has 100 valence electrons.